The first kappa shape index (κ1) is 26.8. The lowest BCUT2D eigenvalue weighted by molar-refractivity contribution is -0.139. The number of carbonyl (C=O) groups excluding carboxylic acids is 1. The second kappa shape index (κ2) is 10.3. The van der Waals surface area contributed by atoms with E-state index >= 15 is 0 Å². The summed E-state index contributed by atoms with van der Waals surface area (Å²) >= 11 is 1.19. The minimum atomic E-state index is -4.30. The maximum absolute atomic E-state index is 13.3. The standard InChI is InChI=1S/C24H30F3N7O2S/c1-15-12-23(3,4)33(14-15)21-17(22(35)31-37-18-13-28-32(5)16(18)2)6-7-19(29-21)34-10-8-20(30-34)36-11-9-24(25,26)27/h6-8,10,13,15H,9,11-12,14H2,1-5H3,(H,31,35). The lowest BCUT2D eigenvalue weighted by atomic mass is 9.97. The molecule has 1 fully saturated rings. The van der Waals surface area contributed by atoms with Crippen LogP contribution >= 0.6 is 11.9 Å². The van der Waals surface area contributed by atoms with Gasteiger partial charge in [-0.05, 0) is 57.2 Å². The summed E-state index contributed by atoms with van der Waals surface area (Å²) in [6.07, 6.45) is -1.18. The zero-order valence-electron chi connectivity index (χ0n) is 21.3. The minimum Gasteiger partial charge on any atom is -0.476 e. The lowest BCUT2D eigenvalue weighted by Crippen LogP contribution is -2.40. The zero-order valence-corrected chi connectivity index (χ0v) is 22.2. The fourth-order valence-electron chi connectivity index (χ4n) is 4.43. The average molecular weight is 538 g/mol. The molecule has 13 heteroatoms. The molecule has 1 aliphatic heterocycles. The summed E-state index contributed by atoms with van der Waals surface area (Å²) in [6, 6.07) is 4.82. The van der Waals surface area contributed by atoms with Crippen molar-refractivity contribution in [1.82, 2.24) is 29.3 Å². The van der Waals surface area contributed by atoms with Crippen molar-refractivity contribution < 1.29 is 22.7 Å². The van der Waals surface area contributed by atoms with Crippen LogP contribution in [0.5, 0.6) is 5.88 Å². The van der Waals surface area contributed by atoms with Gasteiger partial charge in [0.2, 0.25) is 5.88 Å². The number of carbonyl (C=O) groups is 1. The van der Waals surface area contributed by atoms with E-state index in [1.807, 2.05) is 14.0 Å². The van der Waals surface area contributed by atoms with Crippen LogP contribution in [0.15, 0.2) is 35.5 Å². The highest BCUT2D eigenvalue weighted by Crippen LogP contribution is 2.38. The van der Waals surface area contributed by atoms with E-state index in [1.165, 1.54) is 22.7 Å². The molecule has 0 aliphatic carbocycles. The predicted molar refractivity (Wildman–Crippen MR) is 134 cm³/mol. The lowest BCUT2D eigenvalue weighted by Gasteiger charge is -2.34. The largest absolute Gasteiger partial charge is 0.476 e. The van der Waals surface area contributed by atoms with Crippen molar-refractivity contribution >= 4 is 23.7 Å². The van der Waals surface area contributed by atoms with Crippen molar-refractivity contribution in [2.45, 2.75) is 57.1 Å². The smallest absolute Gasteiger partial charge is 0.392 e. The molecular formula is C24H30F3N7O2S. The number of anilines is 1. The number of rotatable bonds is 8. The zero-order chi connectivity index (χ0) is 27.0. The molecule has 3 aromatic heterocycles. The molecule has 1 unspecified atom stereocenters. The van der Waals surface area contributed by atoms with Crippen LogP contribution in [0.3, 0.4) is 0 Å². The summed E-state index contributed by atoms with van der Waals surface area (Å²) in [4.78, 5) is 21.1. The Kier molecular flexibility index (Phi) is 7.45. The summed E-state index contributed by atoms with van der Waals surface area (Å²) in [5.41, 5.74) is 1.11. The summed E-state index contributed by atoms with van der Waals surface area (Å²) in [6.45, 7) is 8.50. The SMILES string of the molecule is Cc1c(SNC(=O)c2ccc(-n3ccc(OCCC(F)(F)F)n3)nc2N2CC(C)CC2(C)C)cnn1C. The number of aryl methyl sites for hydroxylation is 1. The van der Waals surface area contributed by atoms with E-state index in [9.17, 15) is 18.0 Å². The van der Waals surface area contributed by atoms with Crippen LogP contribution in [0.1, 0.15) is 49.7 Å². The van der Waals surface area contributed by atoms with Crippen molar-refractivity contribution in [3.63, 3.8) is 0 Å². The van der Waals surface area contributed by atoms with Gasteiger partial charge in [-0.2, -0.15) is 18.3 Å². The van der Waals surface area contributed by atoms with E-state index < -0.39 is 19.2 Å². The number of hydrogen-bond donors (Lipinski definition) is 1. The van der Waals surface area contributed by atoms with Gasteiger partial charge in [0.25, 0.3) is 5.91 Å². The van der Waals surface area contributed by atoms with Gasteiger partial charge in [-0.25, -0.2) is 9.67 Å². The molecule has 0 bridgehead atoms. The van der Waals surface area contributed by atoms with Crippen molar-refractivity contribution in [3.05, 3.63) is 41.9 Å². The summed E-state index contributed by atoms with van der Waals surface area (Å²) in [5.74, 6) is 1.11. The molecule has 200 valence electrons. The van der Waals surface area contributed by atoms with Crippen LogP contribution in [0, 0.1) is 12.8 Å². The minimum absolute atomic E-state index is 0.0628. The van der Waals surface area contributed by atoms with Crippen LogP contribution in [-0.2, 0) is 7.05 Å². The molecule has 1 saturated heterocycles. The van der Waals surface area contributed by atoms with E-state index in [2.05, 4.69) is 40.6 Å². The molecule has 1 N–H and O–H groups in total. The molecule has 1 aliphatic rings. The summed E-state index contributed by atoms with van der Waals surface area (Å²) in [7, 11) is 1.83. The highest BCUT2D eigenvalue weighted by Gasteiger charge is 2.39. The second-order valence-corrected chi connectivity index (χ2v) is 10.7. The van der Waals surface area contributed by atoms with E-state index in [0.717, 1.165) is 23.6 Å². The molecule has 3 aromatic rings. The molecule has 4 heterocycles. The Labute approximate surface area is 217 Å². The molecule has 0 spiro atoms. The van der Waals surface area contributed by atoms with E-state index in [4.69, 9.17) is 9.72 Å². The Morgan fingerprint density at radius 3 is 2.68 bits per heavy atom. The second-order valence-electron chi connectivity index (χ2n) is 9.84. The number of alkyl halides is 3. The third-order valence-corrected chi connectivity index (χ3v) is 7.22. The van der Waals surface area contributed by atoms with Gasteiger partial charge >= 0.3 is 6.18 Å². The fraction of sp³-hybridized carbons (Fsp3) is 0.500. The van der Waals surface area contributed by atoms with Crippen LogP contribution in [-0.4, -0.2) is 55.3 Å². The number of ether oxygens (including phenoxy) is 1. The van der Waals surface area contributed by atoms with Gasteiger partial charge in [0.15, 0.2) is 5.82 Å². The first-order chi connectivity index (χ1) is 17.3. The quantitative estimate of drug-likeness (QED) is 0.417. The molecule has 0 radical (unpaired) electrons. The summed E-state index contributed by atoms with van der Waals surface area (Å²) in [5, 5.41) is 8.41. The van der Waals surface area contributed by atoms with Crippen LogP contribution in [0.25, 0.3) is 5.82 Å². The Balaban J connectivity index is 1.60. The van der Waals surface area contributed by atoms with Gasteiger partial charge in [0.05, 0.1) is 35.4 Å². The van der Waals surface area contributed by atoms with Crippen molar-refractivity contribution in [2.24, 2.45) is 13.0 Å². The highest BCUT2D eigenvalue weighted by molar-refractivity contribution is 7.98. The fourth-order valence-corrected chi connectivity index (χ4v) is 5.12. The number of nitrogens with one attached hydrogen (secondary N) is 1. The normalized spacial score (nSPS) is 17.3. The molecule has 9 nitrogen and oxygen atoms in total. The highest BCUT2D eigenvalue weighted by atomic mass is 32.2. The number of halogens is 3. The van der Waals surface area contributed by atoms with Gasteiger partial charge in [-0.1, -0.05) is 6.92 Å². The van der Waals surface area contributed by atoms with Gasteiger partial charge < -0.3 is 9.64 Å². The molecular weight excluding hydrogens is 507 g/mol. The molecule has 0 aromatic carbocycles. The van der Waals surface area contributed by atoms with Crippen molar-refractivity contribution in [3.8, 4) is 11.7 Å². The number of nitrogens with zero attached hydrogens (tertiary/aromatic N) is 6. The van der Waals surface area contributed by atoms with E-state index in [-0.39, 0.29) is 17.3 Å². The first-order valence-electron chi connectivity index (χ1n) is 11.8. The van der Waals surface area contributed by atoms with Gasteiger partial charge in [0.1, 0.15) is 5.82 Å². The molecule has 37 heavy (non-hydrogen) atoms. The first-order valence-corrected chi connectivity index (χ1v) is 12.7. The molecule has 1 amide bonds. The maximum atomic E-state index is 13.3. The van der Waals surface area contributed by atoms with E-state index in [0.29, 0.717) is 23.1 Å². The maximum Gasteiger partial charge on any atom is 0.392 e. The third kappa shape index (κ3) is 6.20. The van der Waals surface area contributed by atoms with Crippen LogP contribution < -0.4 is 14.4 Å². The van der Waals surface area contributed by atoms with Crippen molar-refractivity contribution in [1.29, 1.82) is 0 Å². The molecule has 1 atom stereocenters. The average Bonchev–Trinajstić information content (AvgIpc) is 3.48. The number of hydrogen-bond acceptors (Lipinski definition) is 7. The number of aromatic nitrogens is 5. The number of pyridine rings is 1. The Morgan fingerprint density at radius 1 is 1.30 bits per heavy atom. The van der Waals surface area contributed by atoms with Gasteiger partial charge in [-0.15, -0.1) is 5.10 Å². The van der Waals surface area contributed by atoms with Gasteiger partial charge in [-0.3, -0.25) is 14.2 Å². The summed E-state index contributed by atoms with van der Waals surface area (Å²) < 4.78 is 48.5. The van der Waals surface area contributed by atoms with Crippen molar-refractivity contribution in [2.75, 3.05) is 18.1 Å². The van der Waals surface area contributed by atoms with Gasteiger partial charge in [0, 0.05) is 31.4 Å². The van der Waals surface area contributed by atoms with Crippen LogP contribution in [0.2, 0.25) is 0 Å². The predicted octanol–water partition coefficient (Wildman–Crippen LogP) is 4.70. The monoisotopic (exact) mass is 537 g/mol. The molecule has 4 rings (SSSR count). The Hall–Kier alpha value is -3.22. The molecule has 0 saturated carbocycles. The number of amides is 1. The topological polar surface area (TPSA) is 90.1 Å². The van der Waals surface area contributed by atoms with Crippen LogP contribution in [0.4, 0.5) is 19.0 Å². The Morgan fingerprint density at radius 2 is 2.05 bits per heavy atom. The third-order valence-electron chi connectivity index (χ3n) is 6.31. The van der Waals surface area contributed by atoms with E-state index in [1.54, 1.807) is 29.2 Å². The Bertz CT molecular complexity index is 1270.